The predicted octanol–water partition coefficient (Wildman–Crippen LogP) is 6.45. The second-order valence-corrected chi connectivity index (χ2v) is 7.28. The molecule has 0 radical (unpaired) electrons. The van der Waals surface area contributed by atoms with Crippen LogP contribution in [0.1, 0.15) is 92.9 Å². The first-order valence-corrected chi connectivity index (χ1v) is 7.87. The highest BCUT2D eigenvalue weighted by molar-refractivity contribution is 4.70. The molecule has 0 heterocycles. The van der Waals surface area contributed by atoms with Gasteiger partial charge in [-0.05, 0) is 23.7 Å². The van der Waals surface area contributed by atoms with Gasteiger partial charge in [-0.3, -0.25) is 0 Å². The zero-order valence-electron chi connectivity index (χ0n) is 13.3. The van der Waals surface area contributed by atoms with Gasteiger partial charge in [0.1, 0.15) is 0 Å². The van der Waals surface area contributed by atoms with Crippen molar-refractivity contribution >= 4 is 0 Å². The fraction of sp³-hybridized carbons (Fsp3) is 1.00. The van der Waals surface area contributed by atoms with Crippen LogP contribution in [0, 0.1) is 17.3 Å². The van der Waals surface area contributed by atoms with Crippen molar-refractivity contribution < 1.29 is 0 Å². The Morgan fingerprint density at radius 3 is 1.82 bits per heavy atom. The number of unbranched alkanes of at least 4 members (excludes halogenated alkanes) is 5. The van der Waals surface area contributed by atoms with Gasteiger partial charge in [-0.1, -0.05) is 86.5 Å². The minimum Gasteiger partial charge on any atom is -0.0654 e. The third-order valence-electron chi connectivity index (χ3n) is 3.92. The molecule has 0 aromatic rings. The maximum absolute atomic E-state index is 2.45. The molecule has 0 saturated heterocycles. The van der Waals surface area contributed by atoms with Crippen molar-refractivity contribution in [2.24, 2.45) is 17.3 Å². The van der Waals surface area contributed by atoms with Crippen molar-refractivity contribution in [3.63, 3.8) is 0 Å². The summed E-state index contributed by atoms with van der Waals surface area (Å²) < 4.78 is 0. The van der Waals surface area contributed by atoms with Gasteiger partial charge in [0.25, 0.3) is 0 Å². The third-order valence-corrected chi connectivity index (χ3v) is 3.92. The first kappa shape index (κ1) is 17.0. The van der Waals surface area contributed by atoms with Crippen LogP contribution in [-0.2, 0) is 0 Å². The van der Waals surface area contributed by atoms with E-state index in [1.807, 2.05) is 0 Å². The molecule has 0 spiro atoms. The molecule has 0 heteroatoms. The lowest BCUT2D eigenvalue weighted by atomic mass is 9.78. The lowest BCUT2D eigenvalue weighted by molar-refractivity contribution is 0.237. The van der Waals surface area contributed by atoms with E-state index in [2.05, 4.69) is 41.5 Å². The lowest BCUT2D eigenvalue weighted by Crippen LogP contribution is -2.16. The molecule has 0 rings (SSSR count). The van der Waals surface area contributed by atoms with Crippen LogP contribution in [0.3, 0.4) is 0 Å². The summed E-state index contributed by atoms with van der Waals surface area (Å²) in [4.78, 5) is 0. The van der Waals surface area contributed by atoms with Crippen molar-refractivity contribution in [2.45, 2.75) is 92.9 Å². The minimum absolute atomic E-state index is 0.495. The fourth-order valence-electron chi connectivity index (χ4n) is 2.70. The van der Waals surface area contributed by atoms with Gasteiger partial charge in [0.15, 0.2) is 0 Å². The molecule has 0 aromatic heterocycles. The van der Waals surface area contributed by atoms with E-state index in [1.54, 1.807) is 0 Å². The van der Waals surface area contributed by atoms with Crippen molar-refractivity contribution in [2.75, 3.05) is 0 Å². The molecule has 2 atom stereocenters. The highest BCUT2D eigenvalue weighted by Crippen LogP contribution is 2.30. The predicted molar refractivity (Wildman–Crippen MR) is 80.4 cm³/mol. The Morgan fingerprint density at radius 2 is 1.29 bits per heavy atom. The van der Waals surface area contributed by atoms with E-state index in [0.717, 1.165) is 11.8 Å². The maximum Gasteiger partial charge on any atom is -0.0380 e. The first-order chi connectivity index (χ1) is 7.87. The Labute approximate surface area is 111 Å². The summed E-state index contributed by atoms with van der Waals surface area (Å²) in [5, 5.41) is 0. The van der Waals surface area contributed by atoms with Crippen LogP contribution in [-0.4, -0.2) is 0 Å². The summed E-state index contributed by atoms with van der Waals surface area (Å²) in [6.45, 7) is 14.3. The van der Waals surface area contributed by atoms with Crippen LogP contribution in [0.2, 0.25) is 0 Å². The summed E-state index contributed by atoms with van der Waals surface area (Å²) in [7, 11) is 0. The minimum atomic E-state index is 0.495. The van der Waals surface area contributed by atoms with Gasteiger partial charge in [0.2, 0.25) is 0 Å². The Balaban J connectivity index is 3.54. The van der Waals surface area contributed by atoms with E-state index in [0.29, 0.717) is 5.41 Å². The van der Waals surface area contributed by atoms with Gasteiger partial charge >= 0.3 is 0 Å². The molecule has 0 amide bonds. The third kappa shape index (κ3) is 10.9. The molecule has 0 saturated carbocycles. The molecule has 0 N–H and O–H groups in total. The molecule has 0 bridgehead atoms. The summed E-state index contributed by atoms with van der Waals surface area (Å²) in [6, 6.07) is 0. The molecule has 0 aromatic carbocycles. The molecule has 0 aliphatic carbocycles. The van der Waals surface area contributed by atoms with Crippen LogP contribution in [0.15, 0.2) is 0 Å². The Kier molecular flexibility index (Phi) is 9.00. The van der Waals surface area contributed by atoms with Crippen LogP contribution < -0.4 is 0 Å². The molecule has 0 nitrogen and oxygen atoms in total. The lowest BCUT2D eigenvalue weighted by Gasteiger charge is -2.27. The van der Waals surface area contributed by atoms with Crippen molar-refractivity contribution in [3.8, 4) is 0 Å². The van der Waals surface area contributed by atoms with E-state index in [1.165, 1.54) is 51.4 Å². The van der Waals surface area contributed by atoms with Crippen molar-refractivity contribution in [3.05, 3.63) is 0 Å². The zero-order valence-corrected chi connectivity index (χ0v) is 13.3. The SMILES string of the molecule is CCCCCCCCC(C)C(C)CC(C)(C)C. The topological polar surface area (TPSA) is 0 Å². The molecule has 0 fully saturated rings. The van der Waals surface area contributed by atoms with Crippen LogP contribution >= 0.6 is 0 Å². The monoisotopic (exact) mass is 240 g/mol. The highest BCUT2D eigenvalue weighted by Gasteiger charge is 2.19. The summed E-state index contributed by atoms with van der Waals surface area (Å²) in [6.07, 6.45) is 11.4. The molecule has 0 aliphatic heterocycles. The molecule has 2 unspecified atom stereocenters. The molecule has 0 aliphatic rings. The zero-order chi connectivity index (χ0) is 13.3. The van der Waals surface area contributed by atoms with Gasteiger partial charge in [0.05, 0.1) is 0 Å². The Bertz CT molecular complexity index is 163. The van der Waals surface area contributed by atoms with E-state index in [-0.39, 0.29) is 0 Å². The van der Waals surface area contributed by atoms with E-state index >= 15 is 0 Å². The van der Waals surface area contributed by atoms with Crippen LogP contribution in [0.25, 0.3) is 0 Å². The van der Waals surface area contributed by atoms with Crippen LogP contribution in [0.5, 0.6) is 0 Å². The van der Waals surface area contributed by atoms with Gasteiger partial charge in [0, 0.05) is 0 Å². The normalized spacial score (nSPS) is 15.9. The smallest absolute Gasteiger partial charge is 0.0380 e. The highest BCUT2D eigenvalue weighted by atomic mass is 14.2. The summed E-state index contributed by atoms with van der Waals surface area (Å²) in [5.41, 5.74) is 0.495. The Hall–Kier alpha value is 0. The molecule has 17 heavy (non-hydrogen) atoms. The van der Waals surface area contributed by atoms with Gasteiger partial charge in [-0.2, -0.15) is 0 Å². The van der Waals surface area contributed by atoms with Gasteiger partial charge in [-0.25, -0.2) is 0 Å². The van der Waals surface area contributed by atoms with E-state index in [9.17, 15) is 0 Å². The number of hydrogen-bond donors (Lipinski definition) is 0. The average Bonchev–Trinajstić information content (AvgIpc) is 2.20. The standard InChI is InChI=1S/C17H36/c1-7-8-9-10-11-12-13-15(2)16(3)14-17(4,5)6/h15-16H,7-14H2,1-6H3. The van der Waals surface area contributed by atoms with Gasteiger partial charge in [-0.15, -0.1) is 0 Å². The first-order valence-electron chi connectivity index (χ1n) is 7.87. The summed E-state index contributed by atoms with van der Waals surface area (Å²) in [5.74, 6) is 1.78. The van der Waals surface area contributed by atoms with E-state index in [4.69, 9.17) is 0 Å². The molecule has 104 valence electrons. The van der Waals surface area contributed by atoms with Crippen molar-refractivity contribution in [1.82, 2.24) is 0 Å². The largest absolute Gasteiger partial charge is 0.0654 e. The van der Waals surface area contributed by atoms with Crippen LogP contribution in [0.4, 0.5) is 0 Å². The average molecular weight is 240 g/mol. The second-order valence-electron chi connectivity index (χ2n) is 7.28. The number of hydrogen-bond acceptors (Lipinski definition) is 0. The van der Waals surface area contributed by atoms with Crippen molar-refractivity contribution in [1.29, 1.82) is 0 Å². The second kappa shape index (κ2) is 9.00. The quantitative estimate of drug-likeness (QED) is 0.406. The molecular formula is C17H36. The number of rotatable bonds is 9. The van der Waals surface area contributed by atoms with E-state index < -0.39 is 0 Å². The maximum atomic E-state index is 2.45. The van der Waals surface area contributed by atoms with Gasteiger partial charge < -0.3 is 0 Å². The Morgan fingerprint density at radius 1 is 0.765 bits per heavy atom. The summed E-state index contributed by atoms with van der Waals surface area (Å²) >= 11 is 0. The fourth-order valence-corrected chi connectivity index (χ4v) is 2.70. The molecular weight excluding hydrogens is 204 g/mol.